The molecule has 8 nitrogen and oxygen atoms in total. The van der Waals surface area contributed by atoms with Crippen molar-refractivity contribution < 1.29 is 9.47 Å². The van der Waals surface area contributed by atoms with Crippen LogP contribution in [0.25, 0.3) is 16.7 Å². The largest absolute Gasteiger partial charge is 0.472 e. The highest BCUT2D eigenvalue weighted by molar-refractivity contribution is 5.91. The van der Waals surface area contributed by atoms with Crippen LogP contribution in [0.2, 0.25) is 0 Å². The molecule has 1 aliphatic heterocycles. The molecule has 0 saturated carbocycles. The van der Waals surface area contributed by atoms with Crippen LogP contribution in [0.1, 0.15) is 36.1 Å². The second-order valence-electron chi connectivity index (χ2n) is 7.70. The average molecular weight is 414 g/mol. The number of pyridine rings is 1. The maximum absolute atomic E-state index is 9.37. The number of rotatable bonds is 5. The fraction of sp³-hybridized carbons (Fsp3) is 0.304. The Morgan fingerprint density at radius 2 is 2.26 bits per heavy atom. The maximum Gasteiger partial charge on any atom is 0.236 e. The number of nitrogens with zero attached hydrogens (tertiary/aromatic N) is 5. The molecule has 0 bridgehead atoms. The van der Waals surface area contributed by atoms with Crippen molar-refractivity contribution in [3.05, 3.63) is 59.5 Å². The predicted molar refractivity (Wildman–Crippen MR) is 116 cm³/mol. The molecule has 31 heavy (non-hydrogen) atoms. The lowest BCUT2D eigenvalue weighted by atomic mass is 9.98. The van der Waals surface area contributed by atoms with E-state index in [0.29, 0.717) is 36.3 Å². The Balaban J connectivity index is 1.56. The van der Waals surface area contributed by atoms with Crippen LogP contribution in [-0.2, 0) is 4.74 Å². The second-order valence-corrected chi connectivity index (χ2v) is 7.70. The Morgan fingerprint density at radius 3 is 3.06 bits per heavy atom. The normalized spacial score (nSPS) is 17.0. The van der Waals surface area contributed by atoms with Crippen molar-refractivity contribution in [2.45, 2.75) is 32.4 Å². The summed E-state index contributed by atoms with van der Waals surface area (Å²) in [6.45, 7) is 5.31. The molecule has 2 atom stereocenters. The summed E-state index contributed by atoms with van der Waals surface area (Å²) < 4.78 is 13.3. The first kappa shape index (κ1) is 19.3. The van der Waals surface area contributed by atoms with E-state index in [4.69, 9.17) is 14.5 Å². The van der Waals surface area contributed by atoms with Crippen molar-refractivity contribution in [1.29, 1.82) is 5.26 Å². The molecule has 2 unspecified atom stereocenters. The molecule has 1 aromatic carbocycles. The number of nitriles is 1. The van der Waals surface area contributed by atoms with Crippen LogP contribution in [0.15, 0.2) is 42.9 Å². The molecule has 1 fully saturated rings. The number of hydrogen-bond donors (Lipinski definition) is 1. The van der Waals surface area contributed by atoms with Gasteiger partial charge in [0.1, 0.15) is 11.9 Å². The lowest BCUT2D eigenvalue weighted by Gasteiger charge is -2.19. The number of anilines is 1. The molecule has 156 valence electrons. The molecule has 0 amide bonds. The average Bonchev–Trinajstić information content (AvgIpc) is 3.46. The molecule has 3 aromatic heterocycles. The predicted octanol–water partition coefficient (Wildman–Crippen LogP) is 3.80. The number of benzene rings is 1. The summed E-state index contributed by atoms with van der Waals surface area (Å²) in [7, 11) is 0. The Bertz CT molecular complexity index is 1300. The van der Waals surface area contributed by atoms with Gasteiger partial charge in [-0.1, -0.05) is 12.1 Å². The van der Waals surface area contributed by atoms with E-state index in [1.807, 2.05) is 41.8 Å². The molecule has 4 heterocycles. The highest BCUT2D eigenvalue weighted by atomic mass is 16.5. The smallest absolute Gasteiger partial charge is 0.236 e. The van der Waals surface area contributed by atoms with Crippen LogP contribution in [0.5, 0.6) is 5.88 Å². The lowest BCUT2D eigenvalue weighted by molar-refractivity contribution is 0.138. The van der Waals surface area contributed by atoms with E-state index in [-0.39, 0.29) is 12.1 Å². The van der Waals surface area contributed by atoms with E-state index >= 15 is 0 Å². The number of ether oxygens (including phenoxy) is 2. The third-order valence-electron chi connectivity index (χ3n) is 5.70. The van der Waals surface area contributed by atoms with Crippen LogP contribution in [0, 0.1) is 18.3 Å². The van der Waals surface area contributed by atoms with Crippen molar-refractivity contribution in [1.82, 2.24) is 19.4 Å². The first-order valence-electron chi connectivity index (χ1n) is 10.3. The zero-order chi connectivity index (χ0) is 21.4. The summed E-state index contributed by atoms with van der Waals surface area (Å²) >= 11 is 0. The van der Waals surface area contributed by atoms with Gasteiger partial charge in [-0.05, 0) is 31.0 Å². The monoisotopic (exact) mass is 414 g/mol. The third kappa shape index (κ3) is 3.53. The Hall–Kier alpha value is -3.70. The minimum Gasteiger partial charge on any atom is -0.472 e. The molecule has 1 N–H and O–H groups in total. The Labute approximate surface area is 179 Å². The van der Waals surface area contributed by atoms with E-state index in [2.05, 4.69) is 28.3 Å². The Morgan fingerprint density at radius 1 is 1.35 bits per heavy atom. The fourth-order valence-corrected chi connectivity index (χ4v) is 4.01. The number of aromatic nitrogens is 4. The van der Waals surface area contributed by atoms with Gasteiger partial charge in [-0.25, -0.2) is 9.97 Å². The van der Waals surface area contributed by atoms with Crippen molar-refractivity contribution in [2.75, 3.05) is 18.5 Å². The van der Waals surface area contributed by atoms with Crippen LogP contribution in [0.3, 0.4) is 0 Å². The molecule has 4 aromatic rings. The van der Waals surface area contributed by atoms with Crippen molar-refractivity contribution in [2.24, 2.45) is 0 Å². The van der Waals surface area contributed by atoms with Crippen LogP contribution in [0.4, 0.5) is 5.82 Å². The van der Waals surface area contributed by atoms with E-state index in [1.54, 1.807) is 12.4 Å². The minimum atomic E-state index is -0.0674. The van der Waals surface area contributed by atoms with Gasteiger partial charge in [0, 0.05) is 30.3 Å². The van der Waals surface area contributed by atoms with Gasteiger partial charge in [-0.15, -0.1) is 0 Å². The summed E-state index contributed by atoms with van der Waals surface area (Å²) in [5.41, 5.74) is 3.56. The molecule has 8 heteroatoms. The first-order valence-corrected chi connectivity index (χ1v) is 10.3. The number of imidazole rings is 1. The van der Waals surface area contributed by atoms with Crippen LogP contribution in [-0.4, -0.2) is 38.7 Å². The van der Waals surface area contributed by atoms with Gasteiger partial charge < -0.3 is 14.8 Å². The highest BCUT2D eigenvalue weighted by Gasteiger charge is 2.20. The van der Waals surface area contributed by atoms with Crippen molar-refractivity contribution in [3.63, 3.8) is 0 Å². The number of nitrogens with one attached hydrogen (secondary N) is 1. The quantitative estimate of drug-likeness (QED) is 0.530. The van der Waals surface area contributed by atoms with Gasteiger partial charge in [0.05, 0.1) is 42.6 Å². The summed E-state index contributed by atoms with van der Waals surface area (Å²) in [4.78, 5) is 13.6. The number of fused-ring (bicyclic) bond motifs is 3. The molecular formula is C23H22N6O2. The van der Waals surface area contributed by atoms with Gasteiger partial charge in [0.25, 0.3) is 0 Å². The van der Waals surface area contributed by atoms with E-state index in [9.17, 15) is 5.26 Å². The van der Waals surface area contributed by atoms with Gasteiger partial charge >= 0.3 is 0 Å². The zero-order valence-electron chi connectivity index (χ0n) is 17.4. The number of hydrogen-bond acceptors (Lipinski definition) is 7. The first-order chi connectivity index (χ1) is 15.1. The highest BCUT2D eigenvalue weighted by Crippen LogP contribution is 2.30. The summed E-state index contributed by atoms with van der Waals surface area (Å²) in [6.07, 6.45) is 6.24. The van der Waals surface area contributed by atoms with Gasteiger partial charge in [0.2, 0.25) is 11.7 Å². The SMILES string of the molecule is Cc1c(C#N)cccc1C(C)Nc1nc2nccn2c2cnc(OC3CCOC3)cc12. The molecular weight excluding hydrogens is 392 g/mol. The molecule has 5 rings (SSSR count). The summed E-state index contributed by atoms with van der Waals surface area (Å²) in [5.74, 6) is 1.82. The molecule has 0 aliphatic carbocycles. The topological polar surface area (TPSA) is 97.4 Å². The van der Waals surface area contributed by atoms with Crippen LogP contribution < -0.4 is 10.1 Å². The van der Waals surface area contributed by atoms with E-state index < -0.39 is 0 Å². The van der Waals surface area contributed by atoms with E-state index in [0.717, 1.165) is 28.5 Å². The van der Waals surface area contributed by atoms with Crippen LogP contribution >= 0.6 is 0 Å². The molecule has 0 spiro atoms. The standard InChI is InChI=1S/C23H22N6O2/c1-14-16(11-24)4-3-5-18(14)15(2)27-22-19-10-21(31-17-6-9-30-13-17)26-12-20(19)29-8-7-25-23(29)28-22/h3-5,7-8,10,12,15,17H,6,9,13H2,1-2H3,(H,25,27,28). The maximum atomic E-state index is 9.37. The van der Waals surface area contributed by atoms with E-state index in [1.165, 1.54) is 0 Å². The Kier molecular flexibility index (Phi) is 4.88. The van der Waals surface area contributed by atoms with Gasteiger partial charge in [-0.3, -0.25) is 4.40 Å². The molecule has 1 aliphatic rings. The third-order valence-corrected chi connectivity index (χ3v) is 5.70. The zero-order valence-corrected chi connectivity index (χ0v) is 17.4. The van der Waals surface area contributed by atoms with Gasteiger partial charge in [0.15, 0.2) is 0 Å². The fourth-order valence-electron chi connectivity index (χ4n) is 4.01. The molecule has 1 saturated heterocycles. The molecule has 0 radical (unpaired) electrons. The van der Waals surface area contributed by atoms with Gasteiger partial charge in [-0.2, -0.15) is 10.2 Å². The van der Waals surface area contributed by atoms with Crippen molar-refractivity contribution >= 4 is 22.5 Å². The minimum absolute atomic E-state index is 0.0154. The summed E-state index contributed by atoms with van der Waals surface area (Å²) in [6, 6.07) is 9.86. The second kappa shape index (κ2) is 7.85. The van der Waals surface area contributed by atoms with Crippen molar-refractivity contribution in [3.8, 4) is 11.9 Å². The summed E-state index contributed by atoms with van der Waals surface area (Å²) in [5, 5.41) is 13.8. The lowest BCUT2D eigenvalue weighted by Crippen LogP contribution is -2.16.